The summed E-state index contributed by atoms with van der Waals surface area (Å²) in [4.78, 5) is 51.9. The molecule has 2 aromatic carbocycles. The number of amides is 3. The second-order valence-corrected chi connectivity index (χ2v) is 15.2. The van der Waals surface area contributed by atoms with Crippen LogP contribution in [0, 0.1) is 11.8 Å². The van der Waals surface area contributed by atoms with E-state index in [9.17, 15) is 29.4 Å². The minimum atomic E-state index is -1.15. The Labute approximate surface area is 315 Å². The lowest BCUT2D eigenvalue weighted by Gasteiger charge is -2.46. The van der Waals surface area contributed by atoms with Crippen molar-refractivity contribution in [2.45, 2.75) is 82.2 Å². The van der Waals surface area contributed by atoms with Crippen LogP contribution < -0.4 is 30.2 Å². The number of ether oxygens (including phenoxy) is 3. The van der Waals surface area contributed by atoms with Gasteiger partial charge in [-0.3, -0.25) is 14.4 Å². The zero-order valence-corrected chi connectivity index (χ0v) is 31.7. The van der Waals surface area contributed by atoms with Crippen LogP contribution in [0.1, 0.15) is 57.1 Å². The molecular formula is C39H52N4O9S. The van der Waals surface area contributed by atoms with E-state index in [0.717, 1.165) is 49.8 Å². The van der Waals surface area contributed by atoms with Crippen LogP contribution in [0.3, 0.4) is 0 Å². The fourth-order valence-corrected chi connectivity index (χ4v) is 8.84. The van der Waals surface area contributed by atoms with Crippen molar-refractivity contribution in [2.24, 2.45) is 11.8 Å². The normalized spacial score (nSPS) is 22.5. The molecule has 13 nitrogen and oxygen atoms in total. The average molecular weight is 753 g/mol. The number of rotatable bonds is 20. The Kier molecular flexibility index (Phi) is 14.1. The van der Waals surface area contributed by atoms with Crippen LogP contribution in [0.5, 0.6) is 17.2 Å². The van der Waals surface area contributed by atoms with Gasteiger partial charge in [-0.2, -0.15) is 0 Å². The summed E-state index contributed by atoms with van der Waals surface area (Å²) in [6.45, 7) is 4.97. The quantitative estimate of drug-likeness (QED) is 0.0992. The van der Waals surface area contributed by atoms with Gasteiger partial charge in [0.1, 0.15) is 11.4 Å². The number of aliphatic carboxylic acids is 1. The average Bonchev–Trinajstić information content (AvgIpc) is 3.71. The number of aliphatic hydroxyl groups is 1. The number of aryl methyl sites for hydroxylation is 2. The topological polar surface area (TPSA) is 176 Å². The molecule has 5 rings (SSSR count). The molecule has 6 atom stereocenters. The molecule has 3 aliphatic heterocycles. The highest BCUT2D eigenvalue weighted by atomic mass is 32.2. The van der Waals surface area contributed by atoms with Crippen LogP contribution >= 0.6 is 11.8 Å². The number of carboxylic acids is 1. The van der Waals surface area contributed by atoms with Gasteiger partial charge in [0, 0.05) is 35.7 Å². The van der Waals surface area contributed by atoms with Gasteiger partial charge in [0.25, 0.3) is 5.91 Å². The number of carboxylic acid groups (broad SMARTS) is 1. The highest BCUT2D eigenvalue weighted by molar-refractivity contribution is 8.03. The molecular weight excluding hydrogens is 701 g/mol. The monoisotopic (exact) mass is 752 g/mol. The predicted octanol–water partition coefficient (Wildman–Crippen LogP) is 3.28. The summed E-state index contributed by atoms with van der Waals surface area (Å²) in [5, 5.41) is 29.1. The van der Waals surface area contributed by atoms with Crippen molar-refractivity contribution >= 4 is 35.5 Å². The first kappa shape index (κ1) is 39.9. The predicted molar refractivity (Wildman–Crippen MR) is 201 cm³/mol. The number of nitrogens with one attached hydrogen (secondary N) is 3. The summed E-state index contributed by atoms with van der Waals surface area (Å²) in [7, 11) is 3.25. The first-order chi connectivity index (χ1) is 25.5. The lowest BCUT2D eigenvalue weighted by Crippen LogP contribution is -2.63. The molecule has 0 radical (unpaired) electrons. The molecule has 0 aliphatic carbocycles. The summed E-state index contributed by atoms with van der Waals surface area (Å²) in [5.41, 5.74) is 2.32. The molecule has 0 aromatic heterocycles. The first-order valence-electron chi connectivity index (χ1n) is 18.4. The van der Waals surface area contributed by atoms with Gasteiger partial charge in [-0.1, -0.05) is 25.1 Å². The Morgan fingerprint density at radius 3 is 2.40 bits per heavy atom. The van der Waals surface area contributed by atoms with Crippen LogP contribution in [-0.2, 0) is 32.0 Å². The fourth-order valence-electron chi connectivity index (χ4n) is 7.36. The second kappa shape index (κ2) is 18.7. The van der Waals surface area contributed by atoms with Gasteiger partial charge in [0.2, 0.25) is 11.8 Å². The van der Waals surface area contributed by atoms with Gasteiger partial charge in [-0.25, -0.2) is 4.79 Å². The molecule has 3 heterocycles. The number of methoxy groups -OCH3 is 2. The number of thioether (sulfide) groups is 1. The summed E-state index contributed by atoms with van der Waals surface area (Å²) in [6, 6.07) is 13.0. The minimum absolute atomic E-state index is 0.00594. The van der Waals surface area contributed by atoms with Crippen molar-refractivity contribution in [3.63, 3.8) is 0 Å². The third kappa shape index (κ3) is 9.84. The summed E-state index contributed by atoms with van der Waals surface area (Å²) in [5.74, 6) is -0.497. The fraction of sp³-hybridized carbons (Fsp3) is 0.538. The number of nitrogens with zero attached hydrogens (tertiary/aromatic N) is 1. The molecule has 53 heavy (non-hydrogen) atoms. The number of β-lactam (4-membered cyclic amide) rings is 1. The van der Waals surface area contributed by atoms with E-state index in [4.69, 9.17) is 14.2 Å². The van der Waals surface area contributed by atoms with Crippen molar-refractivity contribution in [3.05, 3.63) is 64.2 Å². The van der Waals surface area contributed by atoms with Crippen molar-refractivity contribution in [1.29, 1.82) is 0 Å². The van der Waals surface area contributed by atoms with Gasteiger partial charge < -0.3 is 45.3 Å². The molecule has 5 N–H and O–H groups in total. The Morgan fingerprint density at radius 2 is 1.70 bits per heavy atom. The third-order valence-electron chi connectivity index (χ3n) is 10.1. The van der Waals surface area contributed by atoms with Gasteiger partial charge in [-0.15, -0.1) is 11.8 Å². The van der Waals surface area contributed by atoms with Crippen LogP contribution in [0.2, 0.25) is 0 Å². The molecule has 1 unspecified atom stereocenters. The van der Waals surface area contributed by atoms with Crippen LogP contribution in [0.4, 0.5) is 0 Å². The molecule has 2 fully saturated rings. The number of carbonyl (C=O) groups excluding carboxylic acids is 3. The SMILES string of the molecule is COc1ccc(CCCc2cccc(OCC(=O)NCCCCCNC(=O)[C@@H]3C[C@H](SC4=C(C(=O)O)N5C(=O)[C@H]([C@@H](C)O)C5[C@H]4C)CN3)c2)cc1OC. The maximum atomic E-state index is 12.8. The highest BCUT2D eigenvalue weighted by Crippen LogP contribution is 2.51. The number of aliphatic hydroxyl groups excluding tert-OH is 1. The summed E-state index contributed by atoms with van der Waals surface area (Å²) >= 11 is 1.42. The van der Waals surface area contributed by atoms with E-state index in [2.05, 4.69) is 22.0 Å². The van der Waals surface area contributed by atoms with Gasteiger partial charge >= 0.3 is 5.97 Å². The summed E-state index contributed by atoms with van der Waals surface area (Å²) in [6.07, 6.45) is 4.78. The van der Waals surface area contributed by atoms with Gasteiger partial charge in [0.15, 0.2) is 18.1 Å². The third-order valence-corrected chi connectivity index (χ3v) is 11.6. The molecule has 2 aromatic rings. The van der Waals surface area contributed by atoms with E-state index in [0.29, 0.717) is 42.5 Å². The van der Waals surface area contributed by atoms with E-state index >= 15 is 0 Å². The Balaban J connectivity index is 0.925. The number of fused-ring (bicyclic) bond motifs is 1. The molecule has 14 heteroatoms. The van der Waals surface area contributed by atoms with E-state index in [1.165, 1.54) is 22.2 Å². The number of hydrogen-bond acceptors (Lipinski definition) is 10. The summed E-state index contributed by atoms with van der Waals surface area (Å²) < 4.78 is 16.5. The highest BCUT2D eigenvalue weighted by Gasteiger charge is 2.60. The van der Waals surface area contributed by atoms with E-state index in [1.807, 2.05) is 43.3 Å². The van der Waals surface area contributed by atoms with Crippen LogP contribution in [-0.4, -0.2) is 103 Å². The van der Waals surface area contributed by atoms with E-state index in [1.54, 1.807) is 21.1 Å². The zero-order valence-electron chi connectivity index (χ0n) is 30.9. The number of hydrogen-bond donors (Lipinski definition) is 5. The maximum absolute atomic E-state index is 12.8. The van der Waals surface area contributed by atoms with Crippen molar-refractivity contribution in [2.75, 3.05) is 40.5 Å². The largest absolute Gasteiger partial charge is 0.493 e. The molecule has 3 aliphatic rings. The molecule has 0 bridgehead atoms. The Morgan fingerprint density at radius 1 is 0.981 bits per heavy atom. The molecule has 2 saturated heterocycles. The second-order valence-electron chi connectivity index (χ2n) is 13.9. The molecule has 0 spiro atoms. The standard InChI is InChI=1S/C39H52N4O9S/c1-23-34-33(24(2)44)38(47)43(34)35(39(48)49)36(23)53-28-20-29(42-21-28)37(46)41-17-7-5-6-16-40-32(45)22-52-27-13-9-12-25(18-27)10-8-11-26-14-15-30(50-3)31(19-26)51-4/h9,12-15,18-19,23-24,28-29,33-34,42,44H,5-8,10-11,16-17,20-22H2,1-4H3,(H,40,45)(H,41,46)(H,48,49)/t23-,24-,28+,29+,33-,34?/m1/s1. The lowest BCUT2D eigenvalue weighted by atomic mass is 9.79. The zero-order chi connectivity index (χ0) is 38.1. The van der Waals surface area contributed by atoms with Crippen LogP contribution in [0.25, 0.3) is 0 Å². The van der Waals surface area contributed by atoms with Crippen LogP contribution in [0.15, 0.2) is 53.1 Å². The molecule has 3 amide bonds. The Bertz CT molecular complexity index is 1670. The maximum Gasteiger partial charge on any atom is 0.353 e. The van der Waals surface area contributed by atoms with Crippen molar-refractivity contribution < 1.29 is 43.6 Å². The minimum Gasteiger partial charge on any atom is -0.493 e. The number of unbranched alkanes of at least 4 members (excludes halogenated alkanes) is 2. The molecule has 288 valence electrons. The van der Waals surface area contributed by atoms with Gasteiger partial charge in [0.05, 0.1) is 38.3 Å². The Hall–Kier alpha value is -4.27. The smallest absolute Gasteiger partial charge is 0.353 e. The van der Waals surface area contributed by atoms with Crippen molar-refractivity contribution in [3.8, 4) is 17.2 Å². The molecule has 0 saturated carbocycles. The number of carbonyl (C=O) groups is 4. The van der Waals surface area contributed by atoms with Crippen molar-refractivity contribution in [1.82, 2.24) is 20.9 Å². The van der Waals surface area contributed by atoms with E-state index < -0.39 is 18.0 Å². The lowest BCUT2D eigenvalue weighted by molar-refractivity contribution is -0.163. The van der Waals surface area contributed by atoms with Gasteiger partial charge in [-0.05, 0) is 87.3 Å². The first-order valence-corrected chi connectivity index (χ1v) is 19.3. The van der Waals surface area contributed by atoms with E-state index in [-0.39, 0.29) is 53.3 Å². The number of benzene rings is 2.